The van der Waals surface area contributed by atoms with Gasteiger partial charge in [0, 0.05) is 7.11 Å². The molecule has 0 heterocycles. The monoisotopic (exact) mass is 270 g/mol. The number of allylic oxidation sites excluding steroid dienone is 4. The maximum atomic E-state index is 12.1. The second-order valence-electron chi connectivity index (χ2n) is 6.13. The molecule has 0 fully saturated rings. The van der Waals surface area contributed by atoms with Gasteiger partial charge < -0.3 is 4.74 Å². The highest BCUT2D eigenvalue weighted by molar-refractivity contribution is 5.15. The Morgan fingerprint density at radius 2 is 1.89 bits per heavy atom. The van der Waals surface area contributed by atoms with Gasteiger partial charge in [-0.15, -0.1) is 0 Å². The summed E-state index contributed by atoms with van der Waals surface area (Å²) in [4.78, 5) is 0. The molecule has 2 atom stereocenters. The van der Waals surface area contributed by atoms with E-state index in [0.717, 1.165) is 12.0 Å². The van der Waals surface area contributed by atoms with E-state index in [1.165, 1.54) is 12.8 Å². The zero-order chi connectivity index (χ0) is 14.9. The number of hydrogen-bond donors (Lipinski definition) is 0. The first-order valence-electron chi connectivity index (χ1n) is 7.27. The molecule has 0 radical (unpaired) electrons. The molecule has 19 heavy (non-hydrogen) atoms. The first-order valence-corrected chi connectivity index (χ1v) is 7.27. The van der Waals surface area contributed by atoms with Crippen molar-refractivity contribution < 1.29 is 9.13 Å². The van der Waals surface area contributed by atoms with Crippen LogP contribution in [-0.2, 0) is 4.74 Å². The molecule has 0 aromatic rings. The molecule has 2 unspecified atom stereocenters. The minimum absolute atomic E-state index is 0.0456. The molecule has 0 aromatic heterocycles. The molecule has 0 bridgehead atoms. The summed E-state index contributed by atoms with van der Waals surface area (Å²) >= 11 is 0. The summed E-state index contributed by atoms with van der Waals surface area (Å²) in [6.07, 6.45) is 9.19. The summed E-state index contributed by atoms with van der Waals surface area (Å²) in [6.45, 7) is 10.4. The summed E-state index contributed by atoms with van der Waals surface area (Å²) in [5, 5.41) is 0. The summed E-state index contributed by atoms with van der Waals surface area (Å²) < 4.78 is 17.6. The highest BCUT2D eigenvalue weighted by Gasteiger charge is 2.24. The van der Waals surface area contributed by atoms with Gasteiger partial charge in [-0.25, -0.2) is 4.39 Å². The molecule has 0 N–H and O–H groups in total. The quantitative estimate of drug-likeness (QED) is 0.515. The molecule has 0 aliphatic heterocycles. The molecule has 112 valence electrons. The van der Waals surface area contributed by atoms with Crippen molar-refractivity contribution in [2.24, 2.45) is 11.8 Å². The lowest BCUT2D eigenvalue weighted by molar-refractivity contribution is -0.0259. The standard InChI is InChI=1S/C17H31FO/c1-14(8-7-9-15(2)12-13-18)10-11-16(3)17(4,5)19-6/h7,9,12,14,16H,8,10-11,13H2,1-6H3/b9-7+,15-12+. The average Bonchev–Trinajstić information content (AvgIpc) is 2.36. The van der Waals surface area contributed by atoms with Gasteiger partial charge in [-0.1, -0.05) is 44.1 Å². The fourth-order valence-electron chi connectivity index (χ4n) is 1.88. The lowest BCUT2D eigenvalue weighted by Crippen LogP contribution is -2.31. The summed E-state index contributed by atoms with van der Waals surface area (Å²) in [5.41, 5.74) is 0.958. The minimum Gasteiger partial charge on any atom is -0.379 e. The maximum absolute atomic E-state index is 12.1. The first-order chi connectivity index (χ1) is 8.83. The van der Waals surface area contributed by atoms with Crippen LogP contribution in [0.25, 0.3) is 0 Å². The molecule has 0 saturated heterocycles. The van der Waals surface area contributed by atoms with Crippen LogP contribution in [0.15, 0.2) is 23.8 Å². The van der Waals surface area contributed by atoms with Crippen LogP contribution in [0.5, 0.6) is 0 Å². The fraction of sp³-hybridized carbons (Fsp3) is 0.765. The van der Waals surface area contributed by atoms with Crippen molar-refractivity contribution >= 4 is 0 Å². The van der Waals surface area contributed by atoms with E-state index in [1.807, 2.05) is 13.0 Å². The number of halogens is 1. The third-order valence-electron chi connectivity index (χ3n) is 4.12. The van der Waals surface area contributed by atoms with Crippen LogP contribution < -0.4 is 0 Å². The van der Waals surface area contributed by atoms with Gasteiger partial charge in [-0.3, -0.25) is 0 Å². The van der Waals surface area contributed by atoms with Crippen LogP contribution in [0.4, 0.5) is 4.39 Å². The Kier molecular flexibility index (Phi) is 8.99. The molecule has 1 nitrogen and oxygen atoms in total. The summed E-state index contributed by atoms with van der Waals surface area (Å²) in [5.74, 6) is 1.21. The Hall–Kier alpha value is -0.630. The molecular formula is C17H31FO. The molecule has 0 spiro atoms. The van der Waals surface area contributed by atoms with E-state index in [-0.39, 0.29) is 12.3 Å². The van der Waals surface area contributed by atoms with Gasteiger partial charge >= 0.3 is 0 Å². The predicted octanol–water partition coefficient (Wildman–Crippen LogP) is 5.33. The number of rotatable bonds is 9. The van der Waals surface area contributed by atoms with Crippen molar-refractivity contribution in [3.05, 3.63) is 23.8 Å². The highest BCUT2D eigenvalue weighted by Crippen LogP contribution is 2.26. The summed E-state index contributed by atoms with van der Waals surface area (Å²) in [7, 11) is 1.78. The third-order valence-corrected chi connectivity index (χ3v) is 4.12. The fourth-order valence-corrected chi connectivity index (χ4v) is 1.88. The van der Waals surface area contributed by atoms with Gasteiger partial charge in [0.2, 0.25) is 0 Å². The highest BCUT2D eigenvalue weighted by atomic mass is 19.1. The van der Waals surface area contributed by atoms with Crippen molar-refractivity contribution in [3.63, 3.8) is 0 Å². The molecule has 0 aromatic carbocycles. The number of alkyl halides is 1. The Morgan fingerprint density at radius 1 is 1.26 bits per heavy atom. The second-order valence-corrected chi connectivity index (χ2v) is 6.13. The second kappa shape index (κ2) is 9.30. The predicted molar refractivity (Wildman–Crippen MR) is 82.1 cm³/mol. The zero-order valence-electron chi connectivity index (χ0n) is 13.5. The van der Waals surface area contributed by atoms with E-state index >= 15 is 0 Å². The van der Waals surface area contributed by atoms with E-state index in [2.05, 4.69) is 33.8 Å². The van der Waals surface area contributed by atoms with Crippen molar-refractivity contribution in [1.29, 1.82) is 0 Å². The third kappa shape index (κ3) is 8.20. The van der Waals surface area contributed by atoms with Crippen molar-refractivity contribution in [2.45, 2.75) is 59.5 Å². The van der Waals surface area contributed by atoms with Crippen molar-refractivity contribution in [1.82, 2.24) is 0 Å². The molecular weight excluding hydrogens is 239 g/mol. The normalized spacial score (nSPS) is 16.9. The smallest absolute Gasteiger partial charge is 0.108 e. The molecule has 0 rings (SSSR count). The number of hydrogen-bond acceptors (Lipinski definition) is 1. The minimum atomic E-state index is -0.380. The van der Waals surface area contributed by atoms with E-state index in [1.54, 1.807) is 13.2 Å². The number of ether oxygens (including phenoxy) is 1. The first kappa shape index (κ1) is 18.4. The van der Waals surface area contributed by atoms with Crippen molar-refractivity contribution in [2.75, 3.05) is 13.8 Å². The Morgan fingerprint density at radius 3 is 2.42 bits per heavy atom. The van der Waals surface area contributed by atoms with Gasteiger partial charge in [-0.05, 0) is 45.4 Å². The lowest BCUT2D eigenvalue weighted by atomic mass is 9.85. The molecule has 0 aliphatic rings. The topological polar surface area (TPSA) is 9.23 Å². The van der Waals surface area contributed by atoms with Gasteiger partial charge in [0.1, 0.15) is 6.67 Å². The zero-order valence-corrected chi connectivity index (χ0v) is 13.5. The van der Waals surface area contributed by atoms with E-state index in [0.29, 0.717) is 11.8 Å². The lowest BCUT2D eigenvalue weighted by Gasteiger charge is -2.31. The average molecular weight is 270 g/mol. The Labute approximate surface area is 118 Å². The van der Waals surface area contributed by atoms with Crippen LogP contribution in [0.2, 0.25) is 0 Å². The molecule has 0 saturated carbocycles. The van der Waals surface area contributed by atoms with Crippen LogP contribution in [0.3, 0.4) is 0 Å². The molecule has 2 heteroatoms. The van der Waals surface area contributed by atoms with Crippen LogP contribution in [0.1, 0.15) is 53.9 Å². The Bertz CT molecular complexity index is 292. The van der Waals surface area contributed by atoms with E-state index in [9.17, 15) is 4.39 Å². The van der Waals surface area contributed by atoms with Gasteiger partial charge in [0.05, 0.1) is 5.60 Å². The van der Waals surface area contributed by atoms with Gasteiger partial charge in [0.15, 0.2) is 0 Å². The molecule has 0 amide bonds. The maximum Gasteiger partial charge on any atom is 0.108 e. The van der Waals surface area contributed by atoms with Gasteiger partial charge in [0.25, 0.3) is 0 Å². The van der Waals surface area contributed by atoms with Crippen molar-refractivity contribution in [3.8, 4) is 0 Å². The van der Waals surface area contributed by atoms with Crippen LogP contribution in [-0.4, -0.2) is 19.4 Å². The number of methoxy groups -OCH3 is 1. The van der Waals surface area contributed by atoms with E-state index in [4.69, 9.17) is 4.74 Å². The SMILES string of the molecule is COC(C)(C)C(C)CCC(C)C/C=C/C(C)=C/CF. The van der Waals surface area contributed by atoms with E-state index < -0.39 is 0 Å². The summed E-state index contributed by atoms with van der Waals surface area (Å²) in [6, 6.07) is 0. The van der Waals surface area contributed by atoms with Gasteiger partial charge in [-0.2, -0.15) is 0 Å². The van der Waals surface area contributed by atoms with Crippen LogP contribution in [0, 0.1) is 11.8 Å². The Balaban J connectivity index is 4.00. The molecule has 0 aliphatic carbocycles. The largest absolute Gasteiger partial charge is 0.379 e. The van der Waals surface area contributed by atoms with Crippen LogP contribution >= 0.6 is 0 Å².